The summed E-state index contributed by atoms with van der Waals surface area (Å²) in [5.41, 5.74) is 5.64. The molecule has 0 bridgehead atoms. The van der Waals surface area contributed by atoms with Crippen LogP contribution in [0.2, 0.25) is 0 Å². The van der Waals surface area contributed by atoms with E-state index in [-0.39, 0.29) is 11.9 Å². The van der Waals surface area contributed by atoms with Crippen molar-refractivity contribution in [3.63, 3.8) is 0 Å². The standard InChI is InChI=1S/C15H29N5OS/c1-11(2)10-20-13(18-19-15(20)22-4)6-5-9-17-14(21)8-7-12(3)16/h11-12H,5-10,16H2,1-4H3,(H,17,21). The van der Waals surface area contributed by atoms with Gasteiger partial charge in [-0.25, -0.2) is 0 Å². The molecular weight excluding hydrogens is 298 g/mol. The van der Waals surface area contributed by atoms with Crippen LogP contribution in [0.5, 0.6) is 0 Å². The highest BCUT2D eigenvalue weighted by Gasteiger charge is 2.12. The SMILES string of the molecule is CSc1nnc(CCCNC(=O)CCC(C)N)n1CC(C)C. The van der Waals surface area contributed by atoms with Crippen molar-refractivity contribution >= 4 is 17.7 Å². The van der Waals surface area contributed by atoms with Crippen LogP contribution >= 0.6 is 11.8 Å². The first-order valence-electron chi connectivity index (χ1n) is 7.92. The average molecular weight is 327 g/mol. The zero-order chi connectivity index (χ0) is 16.5. The third kappa shape index (κ3) is 6.79. The lowest BCUT2D eigenvalue weighted by Crippen LogP contribution is -2.27. The van der Waals surface area contributed by atoms with E-state index in [1.54, 1.807) is 11.8 Å². The second-order valence-electron chi connectivity index (χ2n) is 6.08. The number of aryl methyl sites for hydroxylation is 1. The van der Waals surface area contributed by atoms with Gasteiger partial charge in [0.15, 0.2) is 5.16 Å². The Morgan fingerprint density at radius 2 is 2.09 bits per heavy atom. The minimum absolute atomic E-state index is 0.0744. The van der Waals surface area contributed by atoms with Crippen molar-refractivity contribution in [3.8, 4) is 0 Å². The van der Waals surface area contributed by atoms with Crippen molar-refractivity contribution in [2.45, 2.75) is 64.2 Å². The Kier molecular flexibility index (Phi) is 8.48. The van der Waals surface area contributed by atoms with E-state index in [2.05, 4.69) is 33.9 Å². The molecule has 0 aliphatic carbocycles. The van der Waals surface area contributed by atoms with Crippen LogP contribution < -0.4 is 11.1 Å². The van der Waals surface area contributed by atoms with Crippen LogP contribution in [0.1, 0.15) is 45.9 Å². The molecule has 3 N–H and O–H groups in total. The lowest BCUT2D eigenvalue weighted by Gasteiger charge is -2.12. The molecule has 1 rings (SSSR count). The topological polar surface area (TPSA) is 85.8 Å². The summed E-state index contributed by atoms with van der Waals surface area (Å²) in [6, 6.07) is 0.0744. The van der Waals surface area contributed by atoms with Gasteiger partial charge in [0.25, 0.3) is 0 Å². The van der Waals surface area contributed by atoms with Crippen molar-refractivity contribution in [1.82, 2.24) is 20.1 Å². The summed E-state index contributed by atoms with van der Waals surface area (Å²) in [5.74, 6) is 1.63. The summed E-state index contributed by atoms with van der Waals surface area (Å²) in [4.78, 5) is 11.6. The number of nitrogens with one attached hydrogen (secondary N) is 1. The summed E-state index contributed by atoms with van der Waals surface area (Å²) < 4.78 is 2.19. The Labute approximate surface area is 137 Å². The number of hydrogen-bond donors (Lipinski definition) is 2. The second kappa shape index (κ2) is 9.84. The molecule has 0 aromatic carbocycles. The molecule has 1 aromatic heterocycles. The van der Waals surface area contributed by atoms with Crippen LogP contribution in [0.4, 0.5) is 0 Å². The van der Waals surface area contributed by atoms with Crippen LogP contribution in [0.3, 0.4) is 0 Å². The molecule has 1 unspecified atom stereocenters. The van der Waals surface area contributed by atoms with Crippen LogP contribution in [-0.2, 0) is 17.8 Å². The van der Waals surface area contributed by atoms with Crippen LogP contribution in [0.25, 0.3) is 0 Å². The van der Waals surface area contributed by atoms with E-state index in [1.807, 2.05) is 13.2 Å². The van der Waals surface area contributed by atoms with Gasteiger partial charge in [0.2, 0.25) is 5.91 Å². The Bertz CT molecular complexity index is 459. The van der Waals surface area contributed by atoms with E-state index in [0.717, 1.165) is 36.8 Å². The van der Waals surface area contributed by atoms with E-state index < -0.39 is 0 Å². The number of carbonyl (C=O) groups is 1. The molecule has 0 aliphatic rings. The Morgan fingerprint density at radius 1 is 1.36 bits per heavy atom. The molecule has 0 radical (unpaired) electrons. The predicted octanol–water partition coefficient (Wildman–Crippen LogP) is 1.83. The number of aromatic nitrogens is 3. The number of nitrogens with zero attached hydrogens (tertiary/aromatic N) is 3. The monoisotopic (exact) mass is 327 g/mol. The van der Waals surface area contributed by atoms with Crippen molar-refractivity contribution in [3.05, 3.63) is 5.82 Å². The van der Waals surface area contributed by atoms with Crippen molar-refractivity contribution < 1.29 is 4.79 Å². The molecule has 1 heterocycles. The fourth-order valence-corrected chi connectivity index (χ4v) is 2.65. The molecule has 0 aliphatic heterocycles. The second-order valence-corrected chi connectivity index (χ2v) is 6.85. The molecule has 126 valence electrons. The lowest BCUT2D eigenvalue weighted by molar-refractivity contribution is -0.121. The van der Waals surface area contributed by atoms with Gasteiger partial charge >= 0.3 is 0 Å². The summed E-state index contributed by atoms with van der Waals surface area (Å²) in [5, 5.41) is 12.4. The summed E-state index contributed by atoms with van der Waals surface area (Å²) in [7, 11) is 0. The molecule has 22 heavy (non-hydrogen) atoms. The van der Waals surface area contributed by atoms with E-state index in [9.17, 15) is 4.79 Å². The van der Waals surface area contributed by atoms with Gasteiger partial charge in [0, 0.05) is 32.0 Å². The zero-order valence-electron chi connectivity index (χ0n) is 14.1. The molecule has 0 saturated heterocycles. The fraction of sp³-hybridized carbons (Fsp3) is 0.800. The molecule has 0 spiro atoms. The van der Waals surface area contributed by atoms with Crippen LogP contribution in [0.15, 0.2) is 5.16 Å². The number of rotatable bonds is 10. The van der Waals surface area contributed by atoms with E-state index in [1.165, 1.54) is 0 Å². The normalized spacial score (nSPS) is 12.6. The summed E-state index contributed by atoms with van der Waals surface area (Å²) >= 11 is 1.62. The van der Waals surface area contributed by atoms with Gasteiger partial charge in [0.1, 0.15) is 5.82 Å². The summed E-state index contributed by atoms with van der Waals surface area (Å²) in [6.07, 6.45) is 4.94. The maximum Gasteiger partial charge on any atom is 0.220 e. The lowest BCUT2D eigenvalue weighted by atomic mass is 10.2. The minimum Gasteiger partial charge on any atom is -0.356 e. The van der Waals surface area contributed by atoms with Crippen LogP contribution in [-0.4, -0.2) is 39.5 Å². The third-order valence-corrected chi connectivity index (χ3v) is 3.92. The van der Waals surface area contributed by atoms with Gasteiger partial charge in [-0.2, -0.15) is 0 Å². The van der Waals surface area contributed by atoms with E-state index >= 15 is 0 Å². The van der Waals surface area contributed by atoms with Gasteiger partial charge in [-0.1, -0.05) is 25.6 Å². The smallest absolute Gasteiger partial charge is 0.220 e. The predicted molar refractivity (Wildman–Crippen MR) is 90.9 cm³/mol. The number of nitrogens with two attached hydrogens (primary N) is 1. The maximum atomic E-state index is 11.6. The van der Waals surface area contributed by atoms with Crippen molar-refractivity contribution in [2.24, 2.45) is 11.7 Å². The highest BCUT2D eigenvalue weighted by atomic mass is 32.2. The van der Waals surface area contributed by atoms with Gasteiger partial charge < -0.3 is 15.6 Å². The largest absolute Gasteiger partial charge is 0.356 e. The number of amides is 1. The van der Waals surface area contributed by atoms with Gasteiger partial charge in [-0.15, -0.1) is 10.2 Å². The first kappa shape index (κ1) is 19.0. The molecule has 0 saturated carbocycles. The quantitative estimate of drug-likeness (QED) is 0.506. The summed E-state index contributed by atoms with van der Waals surface area (Å²) in [6.45, 7) is 7.89. The van der Waals surface area contributed by atoms with E-state index in [4.69, 9.17) is 5.73 Å². The maximum absolute atomic E-state index is 11.6. The van der Waals surface area contributed by atoms with Crippen molar-refractivity contribution in [2.75, 3.05) is 12.8 Å². The van der Waals surface area contributed by atoms with E-state index in [0.29, 0.717) is 18.9 Å². The highest BCUT2D eigenvalue weighted by Crippen LogP contribution is 2.16. The van der Waals surface area contributed by atoms with Crippen molar-refractivity contribution in [1.29, 1.82) is 0 Å². The Balaban J connectivity index is 2.38. The average Bonchev–Trinajstić information content (AvgIpc) is 2.82. The molecule has 6 nitrogen and oxygen atoms in total. The van der Waals surface area contributed by atoms with Gasteiger partial charge in [-0.3, -0.25) is 4.79 Å². The molecular formula is C15H29N5OS. The fourth-order valence-electron chi connectivity index (χ4n) is 2.12. The first-order valence-corrected chi connectivity index (χ1v) is 9.14. The minimum atomic E-state index is 0.0744. The Hall–Kier alpha value is -1.08. The zero-order valence-corrected chi connectivity index (χ0v) is 14.9. The molecule has 1 atom stereocenters. The Morgan fingerprint density at radius 3 is 2.68 bits per heavy atom. The van der Waals surface area contributed by atoms with Gasteiger partial charge in [0.05, 0.1) is 0 Å². The first-order chi connectivity index (χ1) is 10.4. The van der Waals surface area contributed by atoms with Gasteiger partial charge in [-0.05, 0) is 31.9 Å². The molecule has 0 fully saturated rings. The molecule has 1 aromatic rings. The number of thioether (sulfide) groups is 1. The van der Waals surface area contributed by atoms with Crippen LogP contribution in [0, 0.1) is 5.92 Å². The number of hydrogen-bond acceptors (Lipinski definition) is 5. The third-order valence-electron chi connectivity index (χ3n) is 3.25. The molecule has 7 heteroatoms. The number of carbonyl (C=O) groups excluding carboxylic acids is 1. The highest BCUT2D eigenvalue weighted by molar-refractivity contribution is 7.98. The molecule has 1 amide bonds.